The minimum absolute atomic E-state index is 0.0746. The summed E-state index contributed by atoms with van der Waals surface area (Å²) < 4.78 is 0. The first-order valence-electron chi connectivity index (χ1n) is 4.22. The highest BCUT2D eigenvalue weighted by molar-refractivity contribution is 5.92. The normalized spacial score (nSPS) is 12.3. The molecule has 0 rings (SSSR count). The summed E-state index contributed by atoms with van der Waals surface area (Å²) in [5.74, 6) is -0.366. The van der Waals surface area contributed by atoms with Gasteiger partial charge in [-0.2, -0.15) is 0 Å². The topological polar surface area (TPSA) is 52.6 Å². The Morgan fingerprint density at radius 2 is 1.14 bits per heavy atom. The molecule has 0 heterocycles. The largest absolute Gasteiger partial charge is 0.291 e. The van der Waals surface area contributed by atoms with Crippen LogP contribution in [0, 0.1) is 0 Å². The average Bonchev–Trinajstić information content (AvgIpc) is 2.11. The molecule has 0 aliphatic rings. The second-order valence-electron chi connectivity index (χ2n) is 2.58. The molecule has 0 fully saturated rings. The molecule has 0 saturated carbocycles. The van der Waals surface area contributed by atoms with Crippen LogP contribution in [0.1, 0.15) is 27.7 Å². The number of carbonyl (C=O) groups excluding carboxylic acids is 2. The number of hydrogen-bond donors (Lipinski definition) is 0. The highest BCUT2D eigenvalue weighted by atomic mass is 17.2. The van der Waals surface area contributed by atoms with Gasteiger partial charge in [-0.15, -0.1) is 0 Å². The predicted octanol–water partition coefficient (Wildman–Crippen LogP) is 1.92. The Hall–Kier alpha value is -1.58. The summed E-state index contributed by atoms with van der Waals surface area (Å²) in [7, 11) is 0. The third-order valence-corrected chi connectivity index (χ3v) is 1.44. The Labute approximate surface area is 83.1 Å². The van der Waals surface area contributed by atoms with E-state index in [0.717, 1.165) is 0 Å². The lowest BCUT2D eigenvalue weighted by Gasteiger charge is -2.06. The van der Waals surface area contributed by atoms with Gasteiger partial charge in [0.25, 0.3) is 0 Å². The van der Waals surface area contributed by atoms with Crippen molar-refractivity contribution >= 4 is 11.6 Å². The SMILES string of the molecule is CC=C(OOC(=CC)C(C)=O)C(C)=O. The second kappa shape index (κ2) is 5.96. The number of allylic oxidation sites excluding steroid dienone is 4. The van der Waals surface area contributed by atoms with Crippen LogP contribution in [0.5, 0.6) is 0 Å². The summed E-state index contributed by atoms with van der Waals surface area (Å²) in [6.45, 7) is 5.98. The summed E-state index contributed by atoms with van der Waals surface area (Å²) in [4.78, 5) is 31.1. The Kier molecular flexibility index (Phi) is 5.29. The molecule has 0 amide bonds. The molecule has 0 aliphatic carbocycles. The fraction of sp³-hybridized carbons (Fsp3) is 0.400. The Balaban J connectivity index is 4.30. The first-order valence-corrected chi connectivity index (χ1v) is 4.22. The van der Waals surface area contributed by atoms with Crippen LogP contribution in [0.2, 0.25) is 0 Å². The van der Waals surface area contributed by atoms with Crippen molar-refractivity contribution in [3.63, 3.8) is 0 Å². The molecule has 78 valence electrons. The van der Waals surface area contributed by atoms with Crippen molar-refractivity contribution in [2.75, 3.05) is 0 Å². The van der Waals surface area contributed by atoms with Gasteiger partial charge >= 0.3 is 0 Å². The van der Waals surface area contributed by atoms with Crippen LogP contribution in [0.3, 0.4) is 0 Å². The van der Waals surface area contributed by atoms with Gasteiger partial charge < -0.3 is 0 Å². The third kappa shape index (κ3) is 3.89. The lowest BCUT2D eigenvalue weighted by Crippen LogP contribution is -2.06. The maximum absolute atomic E-state index is 10.9. The van der Waals surface area contributed by atoms with Gasteiger partial charge in [0.1, 0.15) is 0 Å². The van der Waals surface area contributed by atoms with E-state index in [-0.39, 0.29) is 23.1 Å². The minimum Gasteiger partial charge on any atom is -0.291 e. The van der Waals surface area contributed by atoms with E-state index in [1.807, 2.05) is 0 Å². The minimum atomic E-state index is -0.258. The van der Waals surface area contributed by atoms with Crippen LogP contribution in [0.25, 0.3) is 0 Å². The van der Waals surface area contributed by atoms with Crippen molar-refractivity contribution in [3.05, 3.63) is 23.7 Å². The predicted molar refractivity (Wildman–Crippen MR) is 51.0 cm³/mol. The van der Waals surface area contributed by atoms with Crippen molar-refractivity contribution < 1.29 is 19.4 Å². The molecule has 0 unspecified atom stereocenters. The molecule has 0 saturated heterocycles. The highest BCUT2D eigenvalue weighted by Crippen LogP contribution is 2.06. The molecule has 14 heavy (non-hydrogen) atoms. The van der Waals surface area contributed by atoms with Gasteiger partial charge in [-0.3, -0.25) is 19.4 Å². The quantitative estimate of drug-likeness (QED) is 0.293. The van der Waals surface area contributed by atoms with E-state index >= 15 is 0 Å². The van der Waals surface area contributed by atoms with Crippen LogP contribution in [0.4, 0.5) is 0 Å². The van der Waals surface area contributed by atoms with Crippen LogP contribution in [-0.2, 0) is 19.4 Å². The Morgan fingerprint density at radius 3 is 1.29 bits per heavy atom. The van der Waals surface area contributed by atoms with Crippen molar-refractivity contribution in [2.24, 2.45) is 0 Å². The first kappa shape index (κ1) is 12.4. The number of Topliss-reactive ketones (excluding diaryl/α,β-unsaturated/α-hetero) is 2. The molecule has 0 aromatic heterocycles. The highest BCUT2D eigenvalue weighted by Gasteiger charge is 2.09. The van der Waals surface area contributed by atoms with Crippen molar-refractivity contribution in [1.82, 2.24) is 0 Å². The van der Waals surface area contributed by atoms with Crippen LogP contribution < -0.4 is 0 Å². The average molecular weight is 198 g/mol. The molecule has 0 aromatic rings. The summed E-state index contributed by atoms with van der Waals surface area (Å²) >= 11 is 0. The van der Waals surface area contributed by atoms with Gasteiger partial charge in [0.2, 0.25) is 11.5 Å². The van der Waals surface area contributed by atoms with Gasteiger partial charge in [0.05, 0.1) is 0 Å². The lowest BCUT2D eigenvalue weighted by atomic mass is 10.3. The molecule has 0 spiro atoms. The van der Waals surface area contributed by atoms with E-state index in [1.54, 1.807) is 13.8 Å². The first-order chi connectivity index (χ1) is 6.52. The van der Waals surface area contributed by atoms with Gasteiger partial charge in [-0.1, -0.05) is 0 Å². The van der Waals surface area contributed by atoms with Crippen molar-refractivity contribution in [1.29, 1.82) is 0 Å². The zero-order valence-electron chi connectivity index (χ0n) is 8.79. The molecule has 0 aliphatic heterocycles. The van der Waals surface area contributed by atoms with Crippen LogP contribution in [0.15, 0.2) is 23.7 Å². The van der Waals surface area contributed by atoms with Crippen LogP contribution >= 0.6 is 0 Å². The fourth-order valence-electron chi connectivity index (χ4n) is 0.710. The van der Waals surface area contributed by atoms with Gasteiger partial charge in [0.15, 0.2) is 11.6 Å². The van der Waals surface area contributed by atoms with E-state index in [0.29, 0.717) is 0 Å². The zero-order valence-corrected chi connectivity index (χ0v) is 8.79. The number of carbonyl (C=O) groups is 2. The third-order valence-electron chi connectivity index (χ3n) is 1.44. The maximum Gasteiger partial charge on any atom is 0.216 e. The van der Waals surface area contributed by atoms with E-state index in [2.05, 4.69) is 9.78 Å². The van der Waals surface area contributed by atoms with E-state index < -0.39 is 0 Å². The van der Waals surface area contributed by atoms with Gasteiger partial charge in [0, 0.05) is 13.8 Å². The molecule has 4 nitrogen and oxygen atoms in total. The fourth-order valence-corrected chi connectivity index (χ4v) is 0.710. The number of ketones is 2. The van der Waals surface area contributed by atoms with Crippen molar-refractivity contribution in [3.8, 4) is 0 Å². The van der Waals surface area contributed by atoms with E-state index in [4.69, 9.17) is 0 Å². The van der Waals surface area contributed by atoms with Crippen LogP contribution in [-0.4, -0.2) is 11.6 Å². The molecule has 0 aromatic carbocycles. The molecular weight excluding hydrogens is 184 g/mol. The summed E-state index contributed by atoms with van der Waals surface area (Å²) in [6, 6.07) is 0. The zero-order chi connectivity index (χ0) is 11.1. The van der Waals surface area contributed by atoms with E-state index in [9.17, 15) is 9.59 Å². The van der Waals surface area contributed by atoms with Gasteiger partial charge in [-0.25, -0.2) is 0 Å². The standard InChI is InChI=1S/C10H14O4/c1-5-9(7(3)11)13-14-10(6-2)8(4)12/h5-6H,1-4H3. The monoisotopic (exact) mass is 198 g/mol. The Morgan fingerprint density at radius 1 is 0.857 bits per heavy atom. The lowest BCUT2D eigenvalue weighted by molar-refractivity contribution is -0.226. The van der Waals surface area contributed by atoms with Gasteiger partial charge in [-0.05, 0) is 26.0 Å². The van der Waals surface area contributed by atoms with E-state index in [1.165, 1.54) is 26.0 Å². The summed E-state index contributed by atoms with van der Waals surface area (Å²) in [5, 5.41) is 0. The molecule has 0 bridgehead atoms. The smallest absolute Gasteiger partial charge is 0.216 e. The number of hydrogen-bond acceptors (Lipinski definition) is 4. The molecule has 0 radical (unpaired) electrons. The molecule has 4 heteroatoms. The maximum atomic E-state index is 10.9. The molecule has 0 N–H and O–H groups in total. The molecular formula is C10H14O4. The second-order valence-corrected chi connectivity index (χ2v) is 2.58. The van der Waals surface area contributed by atoms with Crippen molar-refractivity contribution in [2.45, 2.75) is 27.7 Å². The molecule has 0 atom stereocenters. The summed E-state index contributed by atoms with van der Waals surface area (Å²) in [6.07, 6.45) is 2.94. The summed E-state index contributed by atoms with van der Waals surface area (Å²) in [5.41, 5.74) is 0. The number of rotatable bonds is 5. The Bertz CT molecular complexity index is 256.